The summed E-state index contributed by atoms with van der Waals surface area (Å²) in [5.74, 6) is 2.55. The molecule has 0 saturated heterocycles. The summed E-state index contributed by atoms with van der Waals surface area (Å²) in [4.78, 5) is 0. The van der Waals surface area contributed by atoms with E-state index < -0.39 is 0 Å². The summed E-state index contributed by atoms with van der Waals surface area (Å²) < 4.78 is 11.3. The number of hydrogen-bond acceptors (Lipinski definition) is 3. The molecule has 1 aliphatic rings. The van der Waals surface area contributed by atoms with Gasteiger partial charge in [-0.1, -0.05) is 31.4 Å². The molecular weight excluding hydrogens is 250 g/mol. The van der Waals surface area contributed by atoms with E-state index in [1.807, 2.05) is 31.2 Å². The molecule has 2 rings (SSSR count). The Kier molecular flexibility index (Phi) is 6.72. The van der Waals surface area contributed by atoms with Gasteiger partial charge in [0, 0.05) is 6.54 Å². The Hall–Kier alpha value is -1.22. The molecule has 3 nitrogen and oxygen atoms in total. The number of hydrogen-bond donors (Lipinski definition) is 1. The molecule has 1 aromatic carbocycles. The van der Waals surface area contributed by atoms with Crippen LogP contribution < -0.4 is 14.8 Å². The molecule has 1 fully saturated rings. The highest BCUT2D eigenvalue weighted by Crippen LogP contribution is 2.26. The quantitative estimate of drug-likeness (QED) is 0.736. The smallest absolute Gasteiger partial charge is 0.161 e. The highest BCUT2D eigenvalue weighted by Gasteiger charge is 2.12. The van der Waals surface area contributed by atoms with Crippen LogP contribution in [0.15, 0.2) is 24.3 Å². The first kappa shape index (κ1) is 15.2. The Morgan fingerprint density at radius 3 is 2.45 bits per heavy atom. The summed E-state index contributed by atoms with van der Waals surface area (Å²) >= 11 is 0. The van der Waals surface area contributed by atoms with Crippen molar-refractivity contribution >= 4 is 0 Å². The molecular formula is C17H27NO2. The highest BCUT2D eigenvalue weighted by molar-refractivity contribution is 5.39. The molecule has 1 aromatic rings. The second kappa shape index (κ2) is 8.85. The van der Waals surface area contributed by atoms with Crippen molar-refractivity contribution in [3.05, 3.63) is 24.3 Å². The maximum atomic E-state index is 5.79. The van der Waals surface area contributed by atoms with Crippen molar-refractivity contribution in [3.63, 3.8) is 0 Å². The lowest BCUT2D eigenvalue weighted by atomic mass is 9.89. The Bertz CT molecular complexity index is 375. The van der Waals surface area contributed by atoms with Crippen LogP contribution in [0.5, 0.6) is 11.5 Å². The van der Waals surface area contributed by atoms with Gasteiger partial charge >= 0.3 is 0 Å². The first-order chi connectivity index (χ1) is 9.90. The lowest BCUT2D eigenvalue weighted by Gasteiger charge is -2.21. The second-order valence-corrected chi connectivity index (χ2v) is 5.44. The van der Waals surface area contributed by atoms with E-state index >= 15 is 0 Å². The molecule has 0 radical (unpaired) electrons. The van der Waals surface area contributed by atoms with Crippen LogP contribution in [0.1, 0.15) is 39.0 Å². The van der Waals surface area contributed by atoms with Crippen molar-refractivity contribution in [1.82, 2.24) is 5.32 Å². The molecule has 1 N–H and O–H groups in total. The SMILES string of the molecule is CCOc1ccccc1OCCNCC1CCCCC1. The van der Waals surface area contributed by atoms with E-state index in [0.29, 0.717) is 13.2 Å². The van der Waals surface area contributed by atoms with E-state index in [1.165, 1.54) is 32.1 Å². The standard InChI is InChI=1S/C17H27NO2/c1-2-19-16-10-6-7-11-17(16)20-13-12-18-14-15-8-4-3-5-9-15/h6-7,10-11,15,18H,2-5,8-9,12-14H2,1H3. The first-order valence-electron chi connectivity index (χ1n) is 7.95. The fraction of sp³-hybridized carbons (Fsp3) is 0.647. The van der Waals surface area contributed by atoms with E-state index in [-0.39, 0.29) is 0 Å². The van der Waals surface area contributed by atoms with Gasteiger partial charge in [0.05, 0.1) is 6.61 Å². The van der Waals surface area contributed by atoms with Gasteiger partial charge < -0.3 is 14.8 Å². The summed E-state index contributed by atoms with van der Waals surface area (Å²) in [7, 11) is 0. The molecule has 20 heavy (non-hydrogen) atoms. The minimum Gasteiger partial charge on any atom is -0.490 e. The first-order valence-corrected chi connectivity index (χ1v) is 7.95. The molecule has 0 heterocycles. The van der Waals surface area contributed by atoms with E-state index in [4.69, 9.17) is 9.47 Å². The van der Waals surface area contributed by atoms with Crippen LogP contribution >= 0.6 is 0 Å². The Labute approximate surface area is 122 Å². The Morgan fingerprint density at radius 1 is 1.05 bits per heavy atom. The summed E-state index contributed by atoms with van der Waals surface area (Å²) in [6, 6.07) is 7.87. The van der Waals surface area contributed by atoms with Crippen LogP contribution in [0, 0.1) is 5.92 Å². The van der Waals surface area contributed by atoms with Gasteiger partial charge in [-0.25, -0.2) is 0 Å². The number of ether oxygens (including phenoxy) is 2. The molecule has 1 aliphatic carbocycles. The van der Waals surface area contributed by atoms with Gasteiger partial charge in [-0.15, -0.1) is 0 Å². The van der Waals surface area contributed by atoms with Gasteiger partial charge in [-0.2, -0.15) is 0 Å². The average molecular weight is 277 g/mol. The zero-order valence-electron chi connectivity index (χ0n) is 12.6. The average Bonchev–Trinajstić information content (AvgIpc) is 2.50. The van der Waals surface area contributed by atoms with Gasteiger partial charge in [0.1, 0.15) is 6.61 Å². The van der Waals surface area contributed by atoms with Crippen LogP contribution in [0.2, 0.25) is 0 Å². The third-order valence-corrected chi connectivity index (χ3v) is 3.84. The van der Waals surface area contributed by atoms with Gasteiger partial charge in [-0.3, -0.25) is 0 Å². The molecule has 0 atom stereocenters. The molecule has 0 aliphatic heterocycles. The minimum atomic E-state index is 0.667. The van der Waals surface area contributed by atoms with E-state index in [0.717, 1.165) is 30.5 Å². The van der Waals surface area contributed by atoms with E-state index in [9.17, 15) is 0 Å². The van der Waals surface area contributed by atoms with Gasteiger partial charge in [0.15, 0.2) is 11.5 Å². The molecule has 3 heteroatoms. The minimum absolute atomic E-state index is 0.667. The van der Waals surface area contributed by atoms with E-state index in [2.05, 4.69) is 5.32 Å². The van der Waals surface area contributed by atoms with Crippen molar-refractivity contribution < 1.29 is 9.47 Å². The van der Waals surface area contributed by atoms with Crippen LogP contribution in [-0.2, 0) is 0 Å². The van der Waals surface area contributed by atoms with Gasteiger partial charge in [0.2, 0.25) is 0 Å². The lowest BCUT2D eigenvalue weighted by Crippen LogP contribution is -2.28. The van der Waals surface area contributed by atoms with Crippen LogP contribution in [-0.4, -0.2) is 26.3 Å². The summed E-state index contributed by atoms with van der Waals surface area (Å²) in [6.45, 7) is 5.38. The molecule has 1 saturated carbocycles. The lowest BCUT2D eigenvalue weighted by molar-refractivity contribution is 0.269. The zero-order valence-corrected chi connectivity index (χ0v) is 12.6. The summed E-state index contributed by atoms with van der Waals surface area (Å²) in [6.07, 6.45) is 7.02. The fourth-order valence-corrected chi connectivity index (χ4v) is 2.77. The molecule has 0 bridgehead atoms. The van der Waals surface area contributed by atoms with Gasteiger partial charge in [-0.05, 0) is 44.4 Å². The number of benzene rings is 1. The maximum Gasteiger partial charge on any atom is 0.161 e. The molecule has 0 unspecified atom stereocenters. The Morgan fingerprint density at radius 2 is 1.75 bits per heavy atom. The van der Waals surface area contributed by atoms with Crippen LogP contribution in [0.25, 0.3) is 0 Å². The summed E-state index contributed by atoms with van der Waals surface area (Å²) in [5.41, 5.74) is 0. The van der Waals surface area contributed by atoms with Crippen molar-refractivity contribution in [2.75, 3.05) is 26.3 Å². The molecule has 0 amide bonds. The predicted molar refractivity (Wildman–Crippen MR) is 82.6 cm³/mol. The highest BCUT2D eigenvalue weighted by atomic mass is 16.5. The monoisotopic (exact) mass is 277 g/mol. The second-order valence-electron chi connectivity index (χ2n) is 5.44. The van der Waals surface area contributed by atoms with Crippen molar-refractivity contribution in [3.8, 4) is 11.5 Å². The van der Waals surface area contributed by atoms with Crippen molar-refractivity contribution in [2.24, 2.45) is 5.92 Å². The topological polar surface area (TPSA) is 30.5 Å². The van der Waals surface area contributed by atoms with Crippen molar-refractivity contribution in [2.45, 2.75) is 39.0 Å². The van der Waals surface area contributed by atoms with Crippen LogP contribution in [0.4, 0.5) is 0 Å². The maximum absolute atomic E-state index is 5.79. The summed E-state index contributed by atoms with van der Waals surface area (Å²) in [5, 5.41) is 3.51. The largest absolute Gasteiger partial charge is 0.490 e. The normalized spacial score (nSPS) is 16.1. The number of para-hydroxylation sites is 2. The fourth-order valence-electron chi connectivity index (χ4n) is 2.77. The molecule has 0 spiro atoms. The molecule has 0 aromatic heterocycles. The number of nitrogens with one attached hydrogen (secondary N) is 1. The van der Waals surface area contributed by atoms with Crippen molar-refractivity contribution in [1.29, 1.82) is 0 Å². The number of rotatable bonds is 8. The Balaban J connectivity index is 1.63. The zero-order chi connectivity index (χ0) is 14.0. The predicted octanol–water partition coefficient (Wildman–Crippen LogP) is 3.63. The van der Waals surface area contributed by atoms with E-state index in [1.54, 1.807) is 0 Å². The third-order valence-electron chi connectivity index (χ3n) is 3.84. The molecule has 112 valence electrons. The van der Waals surface area contributed by atoms with Crippen LogP contribution in [0.3, 0.4) is 0 Å². The van der Waals surface area contributed by atoms with Gasteiger partial charge in [0.25, 0.3) is 0 Å². The third kappa shape index (κ3) is 5.04.